The van der Waals surface area contributed by atoms with Crippen LogP contribution in [0.15, 0.2) is 47.3 Å². The quantitative estimate of drug-likeness (QED) is 0.685. The SMILES string of the molecule is CC(=O)c1cccc2c1c(=O)c(C(=O)O)nn2-c1ccc(OC(F)(F)F)cc1. The molecule has 0 atom stereocenters. The van der Waals surface area contributed by atoms with Crippen LogP contribution in [0.25, 0.3) is 16.6 Å². The summed E-state index contributed by atoms with van der Waals surface area (Å²) in [5.74, 6) is -2.54. The average Bonchev–Trinajstić information content (AvgIpc) is 2.61. The second-order valence-corrected chi connectivity index (χ2v) is 5.69. The highest BCUT2D eigenvalue weighted by molar-refractivity contribution is 6.07. The van der Waals surface area contributed by atoms with Crippen LogP contribution >= 0.6 is 0 Å². The molecule has 0 radical (unpaired) electrons. The number of rotatable bonds is 4. The lowest BCUT2D eigenvalue weighted by Gasteiger charge is -2.13. The van der Waals surface area contributed by atoms with E-state index in [4.69, 9.17) is 0 Å². The van der Waals surface area contributed by atoms with E-state index >= 15 is 0 Å². The van der Waals surface area contributed by atoms with Crippen molar-refractivity contribution >= 4 is 22.7 Å². The Labute approximate surface area is 154 Å². The summed E-state index contributed by atoms with van der Waals surface area (Å²) in [7, 11) is 0. The number of ether oxygens (including phenoxy) is 1. The van der Waals surface area contributed by atoms with Crippen LogP contribution in [0.1, 0.15) is 27.8 Å². The maximum atomic E-state index is 12.5. The Bertz CT molecular complexity index is 1150. The van der Waals surface area contributed by atoms with E-state index in [9.17, 15) is 32.7 Å². The lowest BCUT2D eigenvalue weighted by Crippen LogP contribution is -2.23. The third-order valence-electron chi connectivity index (χ3n) is 3.81. The number of benzene rings is 2. The van der Waals surface area contributed by atoms with Gasteiger partial charge in [-0.25, -0.2) is 9.48 Å². The third-order valence-corrected chi connectivity index (χ3v) is 3.81. The van der Waals surface area contributed by atoms with Crippen LogP contribution in [0.4, 0.5) is 13.2 Å². The van der Waals surface area contributed by atoms with Gasteiger partial charge in [0.05, 0.1) is 16.6 Å². The molecule has 10 heteroatoms. The lowest BCUT2D eigenvalue weighted by molar-refractivity contribution is -0.274. The molecular formula is C18H11F3N2O5. The molecule has 0 unspecified atom stereocenters. The molecule has 0 aliphatic carbocycles. The van der Waals surface area contributed by atoms with Gasteiger partial charge in [0.15, 0.2) is 5.78 Å². The Morgan fingerprint density at radius 1 is 1.11 bits per heavy atom. The molecule has 144 valence electrons. The highest BCUT2D eigenvalue weighted by atomic mass is 19.4. The molecule has 0 saturated carbocycles. The van der Waals surface area contributed by atoms with E-state index in [0.29, 0.717) is 0 Å². The van der Waals surface area contributed by atoms with Crippen LogP contribution in [0, 0.1) is 0 Å². The predicted molar refractivity (Wildman–Crippen MR) is 91.0 cm³/mol. The van der Waals surface area contributed by atoms with Crippen LogP contribution in [0.3, 0.4) is 0 Å². The Kier molecular flexibility index (Phi) is 4.63. The van der Waals surface area contributed by atoms with Gasteiger partial charge >= 0.3 is 12.3 Å². The Hall–Kier alpha value is -3.69. The molecule has 0 aliphatic heterocycles. The van der Waals surface area contributed by atoms with Gasteiger partial charge in [0.25, 0.3) is 0 Å². The molecule has 0 saturated heterocycles. The molecule has 0 spiro atoms. The van der Waals surface area contributed by atoms with E-state index in [1.165, 1.54) is 37.3 Å². The number of halogens is 3. The monoisotopic (exact) mass is 392 g/mol. The van der Waals surface area contributed by atoms with Crippen molar-refractivity contribution in [3.8, 4) is 11.4 Å². The molecule has 1 N–H and O–H groups in total. The highest BCUT2D eigenvalue weighted by Gasteiger charge is 2.31. The first-order valence-electron chi connectivity index (χ1n) is 7.75. The van der Waals surface area contributed by atoms with Crippen LogP contribution in [0.2, 0.25) is 0 Å². The van der Waals surface area contributed by atoms with Crippen molar-refractivity contribution in [2.24, 2.45) is 0 Å². The summed E-state index contributed by atoms with van der Waals surface area (Å²) in [5, 5.41) is 13.0. The average molecular weight is 392 g/mol. The molecule has 28 heavy (non-hydrogen) atoms. The van der Waals surface area contributed by atoms with Gasteiger partial charge < -0.3 is 9.84 Å². The molecular weight excluding hydrogens is 381 g/mol. The third kappa shape index (κ3) is 3.56. The Morgan fingerprint density at radius 3 is 2.29 bits per heavy atom. The number of hydrogen-bond donors (Lipinski definition) is 1. The van der Waals surface area contributed by atoms with Crippen molar-refractivity contribution in [3.63, 3.8) is 0 Å². The number of carboxylic acids is 1. The van der Waals surface area contributed by atoms with Crippen molar-refractivity contribution < 1.29 is 32.6 Å². The number of fused-ring (bicyclic) bond motifs is 1. The minimum atomic E-state index is -4.86. The van der Waals surface area contributed by atoms with Crippen LogP contribution in [0.5, 0.6) is 5.75 Å². The fraction of sp³-hybridized carbons (Fsp3) is 0.111. The van der Waals surface area contributed by atoms with Gasteiger partial charge in [-0.05, 0) is 37.3 Å². The van der Waals surface area contributed by atoms with E-state index < -0.39 is 35.0 Å². The fourth-order valence-corrected chi connectivity index (χ4v) is 2.69. The maximum absolute atomic E-state index is 12.5. The van der Waals surface area contributed by atoms with Crippen LogP contribution in [-0.4, -0.2) is 33.0 Å². The molecule has 1 heterocycles. The predicted octanol–water partition coefficient (Wildman–Crippen LogP) is 3.19. The summed E-state index contributed by atoms with van der Waals surface area (Å²) >= 11 is 0. The van der Waals surface area contributed by atoms with Crippen molar-refractivity contribution in [2.45, 2.75) is 13.3 Å². The molecule has 3 aromatic rings. The number of nitrogens with zero attached hydrogens (tertiary/aromatic N) is 2. The molecule has 0 amide bonds. The Morgan fingerprint density at radius 2 is 1.75 bits per heavy atom. The molecule has 0 fully saturated rings. The van der Waals surface area contributed by atoms with Crippen molar-refractivity contribution in [1.82, 2.24) is 9.78 Å². The van der Waals surface area contributed by atoms with Gasteiger partial charge in [0.1, 0.15) is 5.75 Å². The zero-order valence-electron chi connectivity index (χ0n) is 14.1. The van der Waals surface area contributed by atoms with E-state index in [1.54, 1.807) is 0 Å². The minimum Gasteiger partial charge on any atom is -0.476 e. The summed E-state index contributed by atoms with van der Waals surface area (Å²) in [4.78, 5) is 35.8. The number of carbonyl (C=O) groups excluding carboxylic acids is 1. The smallest absolute Gasteiger partial charge is 0.476 e. The molecule has 0 bridgehead atoms. The maximum Gasteiger partial charge on any atom is 0.573 e. The van der Waals surface area contributed by atoms with Gasteiger partial charge in [-0.2, -0.15) is 5.10 Å². The van der Waals surface area contributed by atoms with E-state index in [2.05, 4.69) is 9.84 Å². The number of hydrogen-bond acceptors (Lipinski definition) is 5. The van der Waals surface area contributed by atoms with E-state index in [-0.39, 0.29) is 22.2 Å². The van der Waals surface area contributed by atoms with Crippen molar-refractivity contribution in [1.29, 1.82) is 0 Å². The van der Waals surface area contributed by atoms with E-state index in [0.717, 1.165) is 16.8 Å². The highest BCUT2D eigenvalue weighted by Crippen LogP contribution is 2.25. The molecule has 1 aromatic heterocycles. The summed E-state index contributed by atoms with van der Waals surface area (Å²) < 4.78 is 41.8. The zero-order chi connectivity index (χ0) is 20.6. The second-order valence-electron chi connectivity index (χ2n) is 5.69. The number of Topliss-reactive ketones (excluding diaryl/α,β-unsaturated/α-hetero) is 1. The molecule has 2 aromatic carbocycles. The van der Waals surface area contributed by atoms with Crippen LogP contribution in [-0.2, 0) is 0 Å². The number of aromatic carboxylic acids is 1. The normalized spacial score (nSPS) is 11.4. The topological polar surface area (TPSA) is 98.5 Å². The molecule has 7 nitrogen and oxygen atoms in total. The Balaban J connectivity index is 2.28. The zero-order valence-corrected chi connectivity index (χ0v) is 14.1. The fourth-order valence-electron chi connectivity index (χ4n) is 2.69. The van der Waals surface area contributed by atoms with Crippen LogP contribution < -0.4 is 10.2 Å². The summed E-state index contributed by atoms with van der Waals surface area (Å²) in [5.41, 5.74) is -1.44. The number of alkyl halides is 3. The largest absolute Gasteiger partial charge is 0.573 e. The number of aromatic nitrogens is 2. The van der Waals surface area contributed by atoms with Gasteiger partial charge in [-0.1, -0.05) is 12.1 Å². The lowest BCUT2D eigenvalue weighted by atomic mass is 10.0. The first-order valence-corrected chi connectivity index (χ1v) is 7.75. The first kappa shape index (κ1) is 19.1. The summed E-state index contributed by atoms with van der Waals surface area (Å²) in [6.45, 7) is 1.22. The summed E-state index contributed by atoms with van der Waals surface area (Å²) in [6.07, 6.45) is -4.86. The first-order chi connectivity index (χ1) is 13.1. The number of ketones is 1. The second kappa shape index (κ2) is 6.80. The van der Waals surface area contributed by atoms with E-state index in [1.807, 2.05) is 0 Å². The molecule has 0 aliphatic rings. The van der Waals surface area contributed by atoms with Crippen molar-refractivity contribution in [3.05, 3.63) is 63.9 Å². The summed E-state index contributed by atoms with van der Waals surface area (Å²) in [6, 6.07) is 8.77. The van der Waals surface area contributed by atoms with Gasteiger partial charge in [0.2, 0.25) is 11.1 Å². The standard InChI is InChI=1S/C18H11F3N2O5/c1-9(24)12-3-2-4-13-14(12)16(25)15(17(26)27)22-23(13)10-5-7-11(8-6-10)28-18(19,20)21/h2-8H,1H3,(H,26,27). The number of carboxylic acid groups (broad SMARTS) is 1. The van der Waals surface area contributed by atoms with Gasteiger partial charge in [0, 0.05) is 5.56 Å². The molecule has 3 rings (SSSR count). The minimum absolute atomic E-state index is 0.0122. The van der Waals surface area contributed by atoms with Gasteiger partial charge in [-0.15, -0.1) is 13.2 Å². The van der Waals surface area contributed by atoms with Crippen molar-refractivity contribution in [2.75, 3.05) is 0 Å². The van der Waals surface area contributed by atoms with Gasteiger partial charge in [-0.3, -0.25) is 9.59 Å². The number of carbonyl (C=O) groups is 2.